The average Bonchev–Trinajstić information content (AvgIpc) is 3.09. The number of hydrogen-bond acceptors (Lipinski definition) is 6. The van der Waals surface area contributed by atoms with E-state index in [4.69, 9.17) is 11.6 Å². The Hall–Kier alpha value is -2.88. The summed E-state index contributed by atoms with van der Waals surface area (Å²) in [5.41, 5.74) is 0.252. The van der Waals surface area contributed by atoms with Crippen LogP contribution >= 0.6 is 11.6 Å². The van der Waals surface area contributed by atoms with Crippen molar-refractivity contribution in [3.05, 3.63) is 34.6 Å². The summed E-state index contributed by atoms with van der Waals surface area (Å²) in [7, 11) is 1.56. The highest BCUT2D eigenvalue weighted by Gasteiger charge is 2.50. The van der Waals surface area contributed by atoms with Crippen LogP contribution < -0.4 is 5.32 Å². The molecule has 4 rings (SSSR count). The van der Waals surface area contributed by atoms with Crippen LogP contribution in [-0.4, -0.2) is 88.8 Å². The minimum Gasteiger partial charge on any atom is -0.339 e. The molecule has 160 valence electrons. The van der Waals surface area contributed by atoms with Gasteiger partial charge in [0.15, 0.2) is 18.2 Å². The molecule has 3 heterocycles. The molecular weight excluding hydrogens is 415 g/mol. The summed E-state index contributed by atoms with van der Waals surface area (Å²) in [6, 6.07) is 3.09. The van der Waals surface area contributed by atoms with Gasteiger partial charge >= 0.3 is 6.03 Å². The number of imide groups is 1. The number of amides is 4. The first kappa shape index (κ1) is 20.4. The van der Waals surface area contributed by atoms with Crippen LogP contribution in [0.4, 0.5) is 9.18 Å². The maximum Gasteiger partial charge on any atom is 0.325 e. The number of urea groups is 1. The van der Waals surface area contributed by atoms with E-state index in [9.17, 15) is 18.8 Å². The molecule has 1 N–H and O–H groups in total. The molecule has 2 fully saturated rings. The fourth-order valence-electron chi connectivity index (χ4n) is 4.02. The molecule has 4 amide bonds. The SMILES string of the molecule is CC(=O)N1CCN(C2=NC3C(C(=O)NC(=O)N3C)N2Cc2c(F)cccc2Cl)CC1. The highest BCUT2D eigenvalue weighted by Crippen LogP contribution is 2.30. The van der Waals surface area contributed by atoms with Gasteiger partial charge in [0.05, 0.1) is 6.54 Å². The van der Waals surface area contributed by atoms with E-state index in [1.165, 1.54) is 24.0 Å². The highest BCUT2D eigenvalue weighted by molar-refractivity contribution is 6.31. The molecular formula is C19H22ClFN6O3. The lowest BCUT2D eigenvalue weighted by atomic mass is 10.1. The second-order valence-electron chi connectivity index (χ2n) is 7.51. The van der Waals surface area contributed by atoms with Crippen molar-refractivity contribution in [2.75, 3.05) is 33.2 Å². The second kappa shape index (κ2) is 7.75. The number of fused-ring (bicyclic) bond motifs is 1. The van der Waals surface area contributed by atoms with Crippen LogP contribution in [0.25, 0.3) is 0 Å². The Balaban J connectivity index is 1.67. The molecule has 30 heavy (non-hydrogen) atoms. The third kappa shape index (κ3) is 3.45. The Morgan fingerprint density at radius 1 is 1.27 bits per heavy atom. The van der Waals surface area contributed by atoms with Crippen molar-refractivity contribution in [1.82, 2.24) is 24.9 Å². The molecule has 0 aliphatic carbocycles. The first-order valence-electron chi connectivity index (χ1n) is 9.63. The molecule has 0 bridgehead atoms. The molecule has 0 radical (unpaired) electrons. The first-order valence-corrected chi connectivity index (χ1v) is 10.0. The smallest absolute Gasteiger partial charge is 0.325 e. The standard InChI is InChI=1S/C19H22ClFN6O3/c1-11(28)25-6-8-26(9-7-25)18-22-16-15(17(29)23-19(30)24(16)2)27(18)10-12-13(20)4-3-5-14(12)21/h3-5,15-16H,6-10H2,1-2H3,(H,23,29,30). The predicted octanol–water partition coefficient (Wildman–Crippen LogP) is 0.691. The van der Waals surface area contributed by atoms with Gasteiger partial charge in [0.1, 0.15) is 5.82 Å². The van der Waals surface area contributed by atoms with Gasteiger partial charge in [-0.25, -0.2) is 14.2 Å². The number of aliphatic imine (C=N–C) groups is 1. The van der Waals surface area contributed by atoms with Gasteiger partial charge in [-0.3, -0.25) is 14.9 Å². The summed E-state index contributed by atoms with van der Waals surface area (Å²) in [5, 5.41) is 2.58. The molecule has 3 aliphatic rings. The molecule has 11 heteroatoms. The summed E-state index contributed by atoms with van der Waals surface area (Å²) in [6.45, 7) is 3.59. The summed E-state index contributed by atoms with van der Waals surface area (Å²) < 4.78 is 14.5. The lowest BCUT2D eigenvalue weighted by Gasteiger charge is -2.40. The van der Waals surface area contributed by atoms with Crippen LogP contribution in [0.5, 0.6) is 0 Å². The van der Waals surface area contributed by atoms with Crippen molar-refractivity contribution in [2.45, 2.75) is 25.7 Å². The summed E-state index contributed by atoms with van der Waals surface area (Å²) >= 11 is 6.23. The van der Waals surface area contributed by atoms with Gasteiger partial charge in [-0.15, -0.1) is 0 Å². The summed E-state index contributed by atoms with van der Waals surface area (Å²) in [5.74, 6) is -0.482. The maximum absolute atomic E-state index is 14.5. The number of nitrogens with one attached hydrogen (secondary N) is 1. The van der Waals surface area contributed by atoms with Crippen LogP contribution in [0.1, 0.15) is 12.5 Å². The lowest BCUT2D eigenvalue weighted by Crippen LogP contribution is -2.64. The molecule has 3 aliphatic heterocycles. The van der Waals surface area contributed by atoms with E-state index in [-0.39, 0.29) is 23.0 Å². The first-order chi connectivity index (χ1) is 14.3. The molecule has 2 unspecified atom stereocenters. The Morgan fingerprint density at radius 2 is 1.97 bits per heavy atom. The van der Waals surface area contributed by atoms with E-state index in [1.807, 2.05) is 4.90 Å². The van der Waals surface area contributed by atoms with Crippen LogP contribution in [0, 0.1) is 5.82 Å². The zero-order valence-electron chi connectivity index (χ0n) is 16.6. The third-order valence-electron chi connectivity index (χ3n) is 5.74. The van der Waals surface area contributed by atoms with Gasteiger partial charge < -0.3 is 19.6 Å². The monoisotopic (exact) mass is 436 g/mol. The van der Waals surface area contributed by atoms with Crippen molar-refractivity contribution >= 4 is 35.4 Å². The van der Waals surface area contributed by atoms with E-state index in [0.717, 1.165) is 0 Å². The number of nitrogens with zero attached hydrogens (tertiary/aromatic N) is 5. The topological polar surface area (TPSA) is 88.6 Å². The van der Waals surface area contributed by atoms with Crippen molar-refractivity contribution in [3.63, 3.8) is 0 Å². The molecule has 2 atom stereocenters. The quantitative estimate of drug-likeness (QED) is 0.737. The molecule has 2 saturated heterocycles. The van der Waals surface area contributed by atoms with E-state index in [1.54, 1.807) is 22.9 Å². The van der Waals surface area contributed by atoms with E-state index in [0.29, 0.717) is 32.1 Å². The number of halogens is 2. The van der Waals surface area contributed by atoms with Crippen LogP contribution in [-0.2, 0) is 16.1 Å². The number of carbonyl (C=O) groups is 3. The molecule has 9 nitrogen and oxygen atoms in total. The Labute approximate surface area is 178 Å². The number of carbonyl (C=O) groups excluding carboxylic acids is 3. The summed E-state index contributed by atoms with van der Waals surface area (Å²) in [4.78, 5) is 47.8. The van der Waals surface area contributed by atoms with Crippen molar-refractivity contribution in [1.29, 1.82) is 0 Å². The fourth-order valence-corrected chi connectivity index (χ4v) is 4.24. The predicted molar refractivity (Wildman–Crippen MR) is 107 cm³/mol. The van der Waals surface area contributed by atoms with E-state index in [2.05, 4.69) is 10.3 Å². The second-order valence-corrected chi connectivity index (χ2v) is 7.92. The van der Waals surface area contributed by atoms with Crippen LogP contribution in [0.15, 0.2) is 23.2 Å². The van der Waals surface area contributed by atoms with Gasteiger partial charge in [-0.2, -0.15) is 0 Å². The van der Waals surface area contributed by atoms with E-state index >= 15 is 0 Å². The van der Waals surface area contributed by atoms with Crippen molar-refractivity contribution < 1.29 is 18.8 Å². The zero-order chi connectivity index (χ0) is 21.6. The number of hydrogen-bond donors (Lipinski definition) is 1. The van der Waals surface area contributed by atoms with Gasteiger partial charge in [-0.05, 0) is 12.1 Å². The Morgan fingerprint density at radius 3 is 2.60 bits per heavy atom. The zero-order valence-corrected chi connectivity index (χ0v) is 17.4. The molecule has 0 aromatic heterocycles. The van der Waals surface area contributed by atoms with Crippen molar-refractivity contribution in [3.8, 4) is 0 Å². The number of guanidine groups is 1. The molecule has 0 spiro atoms. The van der Waals surface area contributed by atoms with Crippen molar-refractivity contribution in [2.24, 2.45) is 4.99 Å². The van der Waals surface area contributed by atoms with Crippen LogP contribution in [0.3, 0.4) is 0 Å². The minimum absolute atomic E-state index is 0.00335. The fraction of sp³-hybridized carbons (Fsp3) is 0.474. The molecule has 1 aromatic rings. The molecule has 0 saturated carbocycles. The Kier molecular flexibility index (Phi) is 5.27. The number of piperazine rings is 1. The number of benzene rings is 1. The number of rotatable bonds is 2. The lowest BCUT2D eigenvalue weighted by molar-refractivity contribution is -0.130. The van der Waals surface area contributed by atoms with E-state index < -0.39 is 30.0 Å². The van der Waals surface area contributed by atoms with Gasteiger partial charge in [0, 0.05) is 50.7 Å². The largest absolute Gasteiger partial charge is 0.339 e. The highest BCUT2D eigenvalue weighted by atomic mass is 35.5. The van der Waals surface area contributed by atoms with Crippen LogP contribution in [0.2, 0.25) is 5.02 Å². The van der Waals surface area contributed by atoms with Gasteiger partial charge in [0.25, 0.3) is 5.91 Å². The van der Waals surface area contributed by atoms with Gasteiger partial charge in [0.2, 0.25) is 5.91 Å². The average molecular weight is 437 g/mol. The number of likely N-dealkylation sites (N-methyl/N-ethyl adjacent to an activating group) is 1. The Bertz CT molecular complexity index is 913. The minimum atomic E-state index is -0.802. The third-order valence-corrected chi connectivity index (χ3v) is 6.09. The molecule has 1 aromatic carbocycles. The summed E-state index contributed by atoms with van der Waals surface area (Å²) in [6.07, 6.45) is -0.724. The normalized spacial score (nSPS) is 24.1. The van der Waals surface area contributed by atoms with Gasteiger partial charge in [-0.1, -0.05) is 17.7 Å². The maximum atomic E-state index is 14.5.